The molecule has 0 bridgehead atoms. The minimum Gasteiger partial charge on any atom is -0.337 e. The van der Waals surface area contributed by atoms with Gasteiger partial charge in [0.05, 0.1) is 11.4 Å². The van der Waals surface area contributed by atoms with Gasteiger partial charge in [-0.2, -0.15) is 0 Å². The number of benzene rings is 3. The summed E-state index contributed by atoms with van der Waals surface area (Å²) in [6.07, 6.45) is 6.92. The lowest BCUT2D eigenvalue weighted by molar-refractivity contribution is -0.120. The van der Waals surface area contributed by atoms with Gasteiger partial charge in [-0.3, -0.25) is 4.79 Å². The molecule has 0 unspecified atom stereocenters. The zero-order valence-electron chi connectivity index (χ0n) is 21.9. The zero-order chi connectivity index (χ0) is 27.0. The first kappa shape index (κ1) is 25.5. The van der Waals surface area contributed by atoms with Crippen LogP contribution >= 0.6 is 0 Å². The third-order valence-corrected chi connectivity index (χ3v) is 9.42. The second-order valence-corrected chi connectivity index (χ2v) is 12.2. The van der Waals surface area contributed by atoms with Gasteiger partial charge in [-0.05, 0) is 72.6 Å². The van der Waals surface area contributed by atoms with Gasteiger partial charge in [0.25, 0.3) is 0 Å². The Balaban J connectivity index is 1.32. The van der Waals surface area contributed by atoms with Gasteiger partial charge < -0.3 is 9.47 Å². The Morgan fingerprint density at radius 2 is 1.79 bits per heavy atom. The number of rotatable bonds is 8. The Hall–Kier alpha value is -3.75. The summed E-state index contributed by atoms with van der Waals surface area (Å²) in [5, 5.41) is 0. The molecule has 6 rings (SSSR count). The van der Waals surface area contributed by atoms with Crippen LogP contribution in [0.5, 0.6) is 0 Å². The molecule has 1 heterocycles. The maximum atomic E-state index is 14.0. The molecule has 0 radical (unpaired) electrons. The van der Waals surface area contributed by atoms with Gasteiger partial charge in [0.2, 0.25) is 15.9 Å². The third kappa shape index (κ3) is 5.27. The Morgan fingerprint density at radius 3 is 2.51 bits per heavy atom. The van der Waals surface area contributed by atoms with Crippen molar-refractivity contribution in [1.82, 2.24) is 14.3 Å². The Morgan fingerprint density at radius 1 is 1.05 bits per heavy atom. The van der Waals surface area contributed by atoms with Crippen molar-refractivity contribution in [1.29, 1.82) is 0 Å². The van der Waals surface area contributed by atoms with Gasteiger partial charge in [-0.25, -0.2) is 18.1 Å². The maximum absolute atomic E-state index is 14.0. The van der Waals surface area contributed by atoms with Crippen molar-refractivity contribution < 1.29 is 13.2 Å². The molecule has 7 nitrogen and oxygen atoms in total. The topological polar surface area (TPSA) is 84.3 Å². The normalized spacial score (nSPS) is 20.3. The lowest BCUT2D eigenvalue weighted by Gasteiger charge is -2.29. The molecule has 8 heteroatoms. The SMILES string of the molecule is Cn1ccnc1CN(C(=O)[C@@H]1C[C@H]1c1ccccc1)c1ccc2c(c1)[C@H](NS(=O)(=O)c1ccccc1)CCC2. The van der Waals surface area contributed by atoms with E-state index in [-0.39, 0.29) is 28.7 Å². The molecular weight excluding hydrogens is 508 g/mol. The summed E-state index contributed by atoms with van der Waals surface area (Å²) >= 11 is 0. The molecule has 1 aromatic heterocycles. The molecule has 200 valence electrons. The standard InChI is InChI=1S/C31H32N4O3S/c1-34-18-17-32-30(34)21-35(31(36)28-20-26(28)22-9-4-2-5-10-22)24-16-15-23-11-8-14-29(27(23)19-24)33-39(37,38)25-12-6-3-7-13-25/h2-7,9-10,12-13,15-19,26,28-29,33H,8,11,14,20-21H2,1H3/t26-,28+,29+/m0/s1. The van der Waals surface area contributed by atoms with Crippen molar-refractivity contribution in [3.63, 3.8) is 0 Å². The van der Waals surface area contributed by atoms with Gasteiger partial charge in [0.15, 0.2) is 0 Å². The highest BCUT2D eigenvalue weighted by molar-refractivity contribution is 7.89. The highest BCUT2D eigenvalue weighted by Gasteiger charge is 2.46. The summed E-state index contributed by atoms with van der Waals surface area (Å²) in [4.78, 5) is 20.5. The van der Waals surface area contributed by atoms with Crippen molar-refractivity contribution in [3.8, 4) is 0 Å². The Labute approximate surface area is 229 Å². The molecule has 1 amide bonds. The van der Waals surface area contributed by atoms with Crippen LogP contribution in [-0.2, 0) is 34.8 Å². The first-order valence-electron chi connectivity index (χ1n) is 13.4. The van der Waals surface area contributed by atoms with E-state index in [0.717, 1.165) is 41.9 Å². The fraction of sp³-hybridized carbons (Fsp3) is 0.290. The summed E-state index contributed by atoms with van der Waals surface area (Å²) in [5.74, 6) is 0.991. The van der Waals surface area contributed by atoms with Gasteiger partial charge in [-0.15, -0.1) is 0 Å². The molecular formula is C31H32N4O3S. The predicted octanol–water partition coefficient (Wildman–Crippen LogP) is 5.11. The van der Waals surface area contributed by atoms with E-state index in [9.17, 15) is 13.2 Å². The molecule has 3 atom stereocenters. The van der Waals surface area contributed by atoms with E-state index >= 15 is 0 Å². The summed E-state index contributed by atoms with van der Waals surface area (Å²) in [7, 11) is -1.76. The number of aromatic nitrogens is 2. The van der Waals surface area contributed by atoms with Crippen molar-refractivity contribution in [2.75, 3.05) is 4.90 Å². The Kier molecular flexibility index (Phi) is 6.83. The van der Waals surface area contributed by atoms with E-state index < -0.39 is 10.0 Å². The van der Waals surface area contributed by atoms with Crippen molar-refractivity contribution in [2.45, 2.75) is 49.1 Å². The molecule has 1 N–H and O–H groups in total. The number of sulfonamides is 1. The Bertz CT molecular complexity index is 1580. The number of nitrogens with zero attached hydrogens (tertiary/aromatic N) is 3. The van der Waals surface area contributed by atoms with Crippen LogP contribution in [0.3, 0.4) is 0 Å². The average molecular weight is 541 g/mol. The molecule has 1 saturated carbocycles. The number of aryl methyl sites for hydroxylation is 2. The highest BCUT2D eigenvalue weighted by Crippen LogP contribution is 2.49. The van der Waals surface area contributed by atoms with Crippen molar-refractivity contribution in [2.24, 2.45) is 13.0 Å². The smallest absolute Gasteiger partial charge is 0.241 e. The number of amides is 1. The number of fused-ring (bicyclic) bond motifs is 1. The second kappa shape index (κ2) is 10.4. The molecule has 39 heavy (non-hydrogen) atoms. The fourth-order valence-corrected chi connectivity index (χ4v) is 6.93. The maximum Gasteiger partial charge on any atom is 0.241 e. The minimum atomic E-state index is -3.68. The number of carbonyl (C=O) groups is 1. The monoisotopic (exact) mass is 540 g/mol. The summed E-state index contributed by atoms with van der Waals surface area (Å²) in [5.41, 5.74) is 4.01. The van der Waals surface area contributed by atoms with Gasteiger partial charge >= 0.3 is 0 Å². The lowest BCUT2D eigenvalue weighted by atomic mass is 9.87. The number of carbonyl (C=O) groups excluding carboxylic acids is 1. The van der Waals surface area contributed by atoms with E-state index in [1.807, 2.05) is 59.1 Å². The average Bonchev–Trinajstić information content (AvgIpc) is 3.67. The first-order chi connectivity index (χ1) is 18.9. The minimum absolute atomic E-state index is 0.0732. The van der Waals surface area contributed by atoms with E-state index in [0.29, 0.717) is 13.0 Å². The molecule has 4 aromatic rings. The van der Waals surface area contributed by atoms with Crippen LogP contribution in [-0.4, -0.2) is 23.9 Å². The van der Waals surface area contributed by atoms with Crippen LogP contribution in [0.1, 0.15) is 53.7 Å². The van der Waals surface area contributed by atoms with Gasteiger partial charge in [-0.1, -0.05) is 54.6 Å². The van der Waals surface area contributed by atoms with Crippen LogP contribution in [0, 0.1) is 5.92 Å². The van der Waals surface area contributed by atoms with E-state index in [4.69, 9.17) is 0 Å². The van der Waals surface area contributed by atoms with Crippen LogP contribution in [0.25, 0.3) is 0 Å². The van der Waals surface area contributed by atoms with Crippen LogP contribution in [0.4, 0.5) is 5.69 Å². The summed E-state index contributed by atoms with van der Waals surface area (Å²) < 4.78 is 31.2. The zero-order valence-corrected chi connectivity index (χ0v) is 22.7. The number of hydrogen-bond donors (Lipinski definition) is 1. The molecule has 1 fully saturated rings. The molecule has 2 aliphatic carbocycles. The van der Waals surface area contributed by atoms with E-state index in [1.165, 1.54) is 5.56 Å². The molecule has 0 saturated heterocycles. The largest absolute Gasteiger partial charge is 0.337 e. The van der Waals surface area contributed by atoms with Crippen LogP contribution in [0.15, 0.2) is 96.2 Å². The molecule has 0 aliphatic heterocycles. The van der Waals surface area contributed by atoms with Crippen molar-refractivity contribution >= 4 is 21.6 Å². The molecule has 0 spiro atoms. The molecule has 2 aliphatic rings. The van der Waals surface area contributed by atoms with Gasteiger partial charge in [0, 0.05) is 37.1 Å². The first-order valence-corrected chi connectivity index (χ1v) is 14.9. The van der Waals surface area contributed by atoms with Crippen LogP contribution in [0.2, 0.25) is 0 Å². The number of hydrogen-bond acceptors (Lipinski definition) is 4. The summed E-state index contributed by atoms with van der Waals surface area (Å²) in [6.45, 7) is 0.347. The van der Waals surface area contributed by atoms with Crippen molar-refractivity contribution in [3.05, 3.63) is 114 Å². The van der Waals surface area contributed by atoms with Crippen LogP contribution < -0.4 is 9.62 Å². The predicted molar refractivity (Wildman–Crippen MR) is 151 cm³/mol. The van der Waals surface area contributed by atoms with E-state index in [2.05, 4.69) is 21.8 Å². The van der Waals surface area contributed by atoms with E-state index in [1.54, 1.807) is 36.5 Å². The van der Waals surface area contributed by atoms with Gasteiger partial charge in [0.1, 0.15) is 5.82 Å². The quantitative estimate of drug-likeness (QED) is 0.337. The second-order valence-electron chi connectivity index (χ2n) is 10.5. The highest BCUT2D eigenvalue weighted by atomic mass is 32.2. The number of nitrogens with one attached hydrogen (secondary N) is 1. The lowest BCUT2D eigenvalue weighted by Crippen LogP contribution is -2.34. The number of imidazole rings is 1. The fourth-order valence-electron chi connectivity index (χ4n) is 5.66. The number of anilines is 1. The summed E-state index contributed by atoms with van der Waals surface area (Å²) in [6, 6.07) is 24.4. The third-order valence-electron chi connectivity index (χ3n) is 7.93. The molecule has 3 aromatic carbocycles.